The molecule has 1 aromatic carbocycles. The van der Waals surface area contributed by atoms with Crippen LogP contribution < -0.4 is 10.6 Å². The predicted molar refractivity (Wildman–Crippen MR) is 80.1 cm³/mol. The Balaban J connectivity index is 1.98. The van der Waals surface area contributed by atoms with Crippen LogP contribution in [0.3, 0.4) is 0 Å². The Morgan fingerprint density at radius 1 is 1.00 bits per heavy atom. The van der Waals surface area contributed by atoms with Crippen LogP contribution in [0.1, 0.15) is 31.4 Å². The number of benzene rings is 1. The van der Waals surface area contributed by atoms with Crippen molar-refractivity contribution in [2.75, 3.05) is 26.2 Å². The third-order valence-corrected chi connectivity index (χ3v) is 3.09. The van der Waals surface area contributed by atoms with E-state index >= 15 is 0 Å². The van der Waals surface area contributed by atoms with E-state index in [1.54, 1.807) is 0 Å². The molecule has 0 radical (unpaired) electrons. The summed E-state index contributed by atoms with van der Waals surface area (Å²) in [6, 6.07) is 8.64. The Kier molecular flexibility index (Phi) is 7.70. The maximum Gasteiger partial charge on any atom is -0.000824 e. The highest BCUT2D eigenvalue weighted by atomic mass is 14.9. The molecule has 2 N–H and O–H groups in total. The average Bonchev–Trinajstić information content (AvgIpc) is 2.34. The molecule has 1 aromatic rings. The van der Waals surface area contributed by atoms with Crippen LogP contribution in [0, 0.1) is 12.8 Å². The summed E-state index contributed by atoms with van der Waals surface area (Å²) in [5, 5.41) is 6.97. The van der Waals surface area contributed by atoms with Gasteiger partial charge in [-0.2, -0.15) is 0 Å². The maximum atomic E-state index is 3.51. The predicted octanol–water partition coefficient (Wildman–Crippen LogP) is 2.76. The van der Waals surface area contributed by atoms with Gasteiger partial charge >= 0.3 is 0 Å². The Morgan fingerprint density at radius 3 is 2.44 bits per heavy atom. The van der Waals surface area contributed by atoms with Gasteiger partial charge in [-0.1, -0.05) is 38.1 Å². The van der Waals surface area contributed by atoms with E-state index in [0.717, 1.165) is 38.5 Å². The molecule has 0 atom stereocenters. The van der Waals surface area contributed by atoms with Crippen molar-refractivity contribution in [1.82, 2.24) is 10.6 Å². The Bertz CT molecular complexity index is 321. The van der Waals surface area contributed by atoms with Crippen LogP contribution in [-0.4, -0.2) is 26.2 Å². The van der Waals surface area contributed by atoms with Gasteiger partial charge in [0, 0.05) is 0 Å². The third-order valence-electron chi connectivity index (χ3n) is 3.09. The Labute approximate surface area is 112 Å². The first-order valence-electron chi connectivity index (χ1n) is 7.16. The fraction of sp³-hybridized carbons (Fsp3) is 0.625. The number of hydrogen-bond donors (Lipinski definition) is 2. The second kappa shape index (κ2) is 9.12. The molecule has 0 fully saturated rings. The van der Waals surface area contributed by atoms with Gasteiger partial charge in [-0.25, -0.2) is 0 Å². The van der Waals surface area contributed by atoms with Crippen molar-refractivity contribution in [2.45, 2.75) is 33.6 Å². The lowest BCUT2D eigenvalue weighted by Crippen LogP contribution is -2.25. The van der Waals surface area contributed by atoms with Crippen molar-refractivity contribution >= 4 is 0 Å². The SMILES string of the molecule is Cc1ccccc1CCNCCCNCC(C)C. The van der Waals surface area contributed by atoms with Gasteiger partial charge < -0.3 is 10.6 Å². The van der Waals surface area contributed by atoms with Crippen molar-refractivity contribution in [3.05, 3.63) is 35.4 Å². The zero-order valence-electron chi connectivity index (χ0n) is 12.1. The molecule has 0 heterocycles. The minimum atomic E-state index is 0.749. The quantitative estimate of drug-likeness (QED) is 0.657. The van der Waals surface area contributed by atoms with E-state index in [1.165, 1.54) is 17.5 Å². The summed E-state index contributed by atoms with van der Waals surface area (Å²) in [5.74, 6) is 0.749. The van der Waals surface area contributed by atoms with E-state index in [0.29, 0.717) is 0 Å². The normalized spacial score (nSPS) is 11.1. The van der Waals surface area contributed by atoms with E-state index in [1.807, 2.05) is 0 Å². The molecule has 0 aliphatic heterocycles. The van der Waals surface area contributed by atoms with Crippen molar-refractivity contribution in [2.24, 2.45) is 5.92 Å². The fourth-order valence-corrected chi connectivity index (χ4v) is 1.97. The smallest absolute Gasteiger partial charge is 0.000824 e. The molecule has 0 saturated heterocycles. The standard InChI is InChI=1S/C16H28N2/c1-14(2)13-18-11-6-10-17-12-9-16-8-5-4-7-15(16)3/h4-5,7-8,14,17-18H,6,9-13H2,1-3H3. The highest BCUT2D eigenvalue weighted by Crippen LogP contribution is 2.06. The molecule has 18 heavy (non-hydrogen) atoms. The lowest BCUT2D eigenvalue weighted by molar-refractivity contribution is 0.531. The highest BCUT2D eigenvalue weighted by Gasteiger charge is 1.96. The molecule has 2 nitrogen and oxygen atoms in total. The van der Waals surface area contributed by atoms with Crippen LogP contribution in [0.15, 0.2) is 24.3 Å². The van der Waals surface area contributed by atoms with E-state index in [4.69, 9.17) is 0 Å². The number of aryl methyl sites for hydroxylation is 1. The first-order valence-corrected chi connectivity index (χ1v) is 7.16. The molecule has 0 unspecified atom stereocenters. The van der Waals surface area contributed by atoms with Gasteiger partial charge in [0.05, 0.1) is 0 Å². The van der Waals surface area contributed by atoms with E-state index in [9.17, 15) is 0 Å². The number of nitrogens with one attached hydrogen (secondary N) is 2. The zero-order valence-corrected chi connectivity index (χ0v) is 12.1. The highest BCUT2D eigenvalue weighted by molar-refractivity contribution is 5.25. The summed E-state index contributed by atoms with van der Waals surface area (Å²) in [4.78, 5) is 0. The molecule has 0 spiro atoms. The topological polar surface area (TPSA) is 24.1 Å². The van der Waals surface area contributed by atoms with E-state index in [2.05, 4.69) is 55.7 Å². The summed E-state index contributed by atoms with van der Waals surface area (Å²) in [7, 11) is 0. The van der Waals surface area contributed by atoms with Crippen molar-refractivity contribution in [3.8, 4) is 0 Å². The maximum absolute atomic E-state index is 3.51. The molecular weight excluding hydrogens is 220 g/mol. The molecule has 0 aliphatic carbocycles. The molecule has 0 aliphatic rings. The summed E-state index contributed by atoms with van der Waals surface area (Å²) < 4.78 is 0. The summed E-state index contributed by atoms with van der Waals surface area (Å²) in [6.45, 7) is 11.1. The second-order valence-corrected chi connectivity index (χ2v) is 5.38. The van der Waals surface area contributed by atoms with Crippen molar-refractivity contribution < 1.29 is 0 Å². The van der Waals surface area contributed by atoms with Gasteiger partial charge in [-0.3, -0.25) is 0 Å². The molecule has 1 rings (SSSR count). The van der Waals surface area contributed by atoms with Crippen LogP contribution in [0.5, 0.6) is 0 Å². The minimum Gasteiger partial charge on any atom is -0.316 e. The van der Waals surface area contributed by atoms with Gasteiger partial charge in [0.25, 0.3) is 0 Å². The Hall–Kier alpha value is -0.860. The summed E-state index contributed by atoms with van der Waals surface area (Å²) in [6.07, 6.45) is 2.34. The number of hydrogen-bond acceptors (Lipinski definition) is 2. The van der Waals surface area contributed by atoms with E-state index in [-0.39, 0.29) is 0 Å². The van der Waals surface area contributed by atoms with Crippen LogP contribution >= 0.6 is 0 Å². The lowest BCUT2D eigenvalue weighted by atomic mass is 10.1. The van der Waals surface area contributed by atoms with Gasteiger partial charge in [0.1, 0.15) is 0 Å². The van der Waals surface area contributed by atoms with E-state index < -0.39 is 0 Å². The molecule has 2 heteroatoms. The molecule has 0 saturated carbocycles. The molecule has 0 bridgehead atoms. The average molecular weight is 248 g/mol. The second-order valence-electron chi connectivity index (χ2n) is 5.38. The molecule has 0 aromatic heterocycles. The van der Waals surface area contributed by atoms with Crippen molar-refractivity contribution in [1.29, 1.82) is 0 Å². The van der Waals surface area contributed by atoms with Gasteiger partial charge in [0.15, 0.2) is 0 Å². The van der Waals surface area contributed by atoms with Crippen LogP contribution in [0.2, 0.25) is 0 Å². The zero-order chi connectivity index (χ0) is 13.2. The molecule has 0 amide bonds. The minimum absolute atomic E-state index is 0.749. The van der Waals surface area contributed by atoms with Crippen LogP contribution in [0.4, 0.5) is 0 Å². The first-order chi connectivity index (χ1) is 8.70. The first kappa shape index (κ1) is 15.2. The van der Waals surface area contributed by atoms with Crippen LogP contribution in [0.25, 0.3) is 0 Å². The van der Waals surface area contributed by atoms with Gasteiger partial charge in [0.2, 0.25) is 0 Å². The van der Waals surface area contributed by atoms with Crippen molar-refractivity contribution in [3.63, 3.8) is 0 Å². The monoisotopic (exact) mass is 248 g/mol. The van der Waals surface area contributed by atoms with Crippen LogP contribution in [-0.2, 0) is 6.42 Å². The summed E-state index contributed by atoms with van der Waals surface area (Å²) >= 11 is 0. The summed E-state index contributed by atoms with van der Waals surface area (Å²) in [5.41, 5.74) is 2.86. The third kappa shape index (κ3) is 6.77. The van der Waals surface area contributed by atoms with Gasteiger partial charge in [-0.15, -0.1) is 0 Å². The number of rotatable bonds is 9. The van der Waals surface area contributed by atoms with Gasteiger partial charge in [-0.05, 0) is 63.0 Å². The largest absolute Gasteiger partial charge is 0.316 e. The fourth-order valence-electron chi connectivity index (χ4n) is 1.97. The molecular formula is C16H28N2. The molecule has 102 valence electrons. The lowest BCUT2D eigenvalue weighted by Gasteiger charge is -2.09. The Morgan fingerprint density at radius 2 is 1.72 bits per heavy atom.